The Kier molecular flexibility index (Phi) is 3.84. The third-order valence-electron chi connectivity index (χ3n) is 4.06. The zero-order chi connectivity index (χ0) is 17.6. The Morgan fingerprint density at radius 1 is 1.33 bits per heavy atom. The van der Waals surface area contributed by atoms with Crippen LogP contribution in [-0.2, 0) is 30.9 Å². The van der Waals surface area contributed by atoms with Crippen molar-refractivity contribution in [2.24, 2.45) is 12.8 Å². The Bertz CT molecular complexity index is 783. The van der Waals surface area contributed by atoms with Crippen LogP contribution in [0.4, 0.5) is 19.0 Å². The molecule has 1 aromatic heterocycles. The number of rotatable bonds is 2. The topological polar surface area (TPSA) is 84.4 Å². The lowest BCUT2D eigenvalue weighted by Gasteiger charge is -2.24. The van der Waals surface area contributed by atoms with E-state index in [1.54, 1.807) is 7.05 Å². The van der Waals surface area contributed by atoms with Crippen molar-refractivity contribution in [3.63, 3.8) is 0 Å². The van der Waals surface area contributed by atoms with Crippen LogP contribution in [0.15, 0.2) is 24.3 Å². The molecule has 0 radical (unpaired) electrons. The third-order valence-corrected chi connectivity index (χ3v) is 4.06. The van der Waals surface area contributed by atoms with Crippen LogP contribution >= 0.6 is 0 Å². The van der Waals surface area contributed by atoms with Gasteiger partial charge in [0.25, 0.3) is 5.91 Å². The first kappa shape index (κ1) is 16.5. The van der Waals surface area contributed by atoms with Gasteiger partial charge in [-0.15, -0.1) is 0 Å². The molecule has 24 heavy (non-hydrogen) atoms. The average molecular weight is 340 g/mol. The van der Waals surface area contributed by atoms with E-state index in [4.69, 9.17) is 5.73 Å². The van der Waals surface area contributed by atoms with Gasteiger partial charge in [-0.2, -0.15) is 23.3 Å². The zero-order valence-corrected chi connectivity index (χ0v) is 12.7. The minimum absolute atomic E-state index is 0.117. The second-order valence-electron chi connectivity index (χ2n) is 5.70. The van der Waals surface area contributed by atoms with Gasteiger partial charge >= 0.3 is 6.18 Å². The maximum Gasteiger partial charge on any atom is 0.416 e. The van der Waals surface area contributed by atoms with E-state index in [0.717, 1.165) is 12.1 Å². The number of halogens is 3. The Balaban J connectivity index is 1.92. The van der Waals surface area contributed by atoms with E-state index in [1.807, 2.05) is 0 Å². The number of aryl methyl sites for hydroxylation is 1. The third kappa shape index (κ3) is 2.76. The molecule has 3 N–H and O–H groups in total. The fourth-order valence-corrected chi connectivity index (χ4v) is 2.76. The molecular weight excluding hydrogens is 325 g/mol. The standard InChI is InChI=1S/C15H15F3N4O2/c1-21-12(6-8-2-4-9(5-3-8)15(16,17)18)10-7-11(19)14(23)22(24)13(10)20-21/h2-5,11,24H,6-7,19H2,1H3. The number of carbonyl (C=O) groups excluding carboxylic acids is 1. The fourth-order valence-electron chi connectivity index (χ4n) is 2.76. The van der Waals surface area contributed by atoms with Crippen LogP contribution in [0.25, 0.3) is 0 Å². The van der Waals surface area contributed by atoms with Crippen molar-refractivity contribution >= 4 is 11.7 Å². The van der Waals surface area contributed by atoms with Crippen LogP contribution in [-0.4, -0.2) is 26.9 Å². The van der Waals surface area contributed by atoms with E-state index < -0.39 is 23.7 Å². The first-order chi connectivity index (χ1) is 11.2. The number of fused-ring (bicyclic) bond motifs is 1. The summed E-state index contributed by atoms with van der Waals surface area (Å²) in [5, 5.41) is 14.4. The van der Waals surface area contributed by atoms with Gasteiger partial charge in [-0.3, -0.25) is 14.7 Å². The Morgan fingerprint density at radius 3 is 2.54 bits per heavy atom. The summed E-state index contributed by atoms with van der Waals surface area (Å²) in [7, 11) is 1.64. The number of benzene rings is 1. The number of carbonyl (C=O) groups is 1. The molecule has 0 fully saturated rings. The molecule has 6 nitrogen and oxygen atoms in total. The highest BCUT2D eigenvalue weighted by Crippen LogP contribution is 2.31. The van der Waals surface area contributed by atoms with Crippen molar-refractivity contribution in [3.8, 4) is 0 Å². The van der Waals surface area contributed by atoms with Gasteiger partial charge in [-0.25, -0.2) is 0 Å². The van der Waals surface area contributed by atoms with Gasteiger partial charge in [0.05, 0.1) is 11.6 Å². The highest BCUT2D eigenvalue weighted by Gasteiger charge is 2.35. The van der Waals surface area contributed by atoms with Gasteiger partial charge in [0.2, 0.25) is 0 Å². The summed E-state index contributed by atoms with van der Waals surface area (Å²) in [6.45, 7) is 0. The summed E-state index contributed by atoms with van der Waals surface area (Å²) < 4.78 is 39.3. The van der Waals surface area contributed by atoms with Crippen molar-refractivity contribution in [3.05, 3.63) is 46.6 Å². The number of hydrogen-bond acceptors (Lipinski definition) is 4. The summed E-state index contributed by atoms with van der Waals surface area (Å²) in [5.41, 5.74) is 6.95. The van der Waals surface area contributed by atoms with Gasteiger partial charge in [0, 0.05) is 31.1 Å². The number of nitrogens with two attached hydrogens (primary N) is 1. The Morgan fingerprint density at radius 2 is 1.96 bits per heavy atom. The lowest BCUT2D eigenvalue weighted by molar-refractivity contribution is -0.137. The molecule has 0 aliphatic carbocycles. The van der Waals surface area contributed by atoms with E-state index in [0.29, 0.717) is 28.3 Å². The van der Waals surface area contributed by atoms with Crippen molar-refractivity contribution in [2.45, 2.75) is 25.1 Å². The van der Waals surface area contributed by atoms with Gasteiger partial charge in [-0.05, 0) is 17.7 Å². The summed E-state index contributed by atoms with van der Waals surface area (Å²) in [6.07, 6.45) is -3.85. The first-order valence-corrected chi connectivity index (χ1v) is 7.17. The van der Waals surface area contributed by atoms with E-state index in [1.165, 1.54) is 16.8 Å². The number of amides is 1. The second-order valence-corrected chi connectivity index (χ2v) is 5.70. The molecule has 1 aliphatic rings. The predicted molar refractivity (Wildman–Crippen MR) is 78.4 cm³/mol. The lowest BCUT2D eigenvalue weighted by atomic mass is 9.97. The summed E-state index contributed by atoms with van der Waals surface area (Å²) >= 11 is 0. The minimum Gasteiger partial charge on any atom is -0.320 e. The molecule has 3 rings (SSSR count). The maximum atomic E-state index is 12.6. The smallest absolute Gasteiger partial charge is 0.320 e. The van der Waals surface area contributed by atoms with Crippen LogP contribution in [0.5, 0.6) is 0 Å². The van der Waals surface area contributed by atoms with Gasteiger partial charge in [0.1, 0.15) is 0 Å². The molecule has 0 saturated carbocycles. The van der Waals surface area contributed by atoms with Crippen LogP contribution in [0, 0.1) is 0 Å². The average Bonchev–Trinajstić information content (AvgIpc) is 2.81. The van der Waals surface area contributed by atoms with Gasteiger partial charge in [0.15, 0.2) is 5.82 Å². The van der Waals surface area contributed by atoms with Crippen LogP contribution < -0.4 is 10.8 Å². The van der Waals surface area contributed by atoms with Gasteiger partial charge in [-0.1, -0.05) is 12.1 Å². The monoisotopic (exact) mass is 340 g/mol. The van der Waals surface area contributed by atoms with E-state index in [-0.39, 0.29) is 12.2 Å². The molecule has 0 saturated heterocycles. The molecule has 2 aromatic rings. The molecule has 2 heterocycles. The molecule has 0 bridgehead atoms. The molecular formula is C15H15F3N4O2. The van der Waals surface area contributed by atoms with Crippen molar-refractivity contribution in [1.29, 1.82) is 0 Å². The number of nitrogens with zero attached hydrogens (tertiary/aromatic N) is 3. The zero-order valence-electron chi connectivity index (χ0n) is 12.7. The molecule has 1 aromatic carbocycles. The highest BCUT2D eigenvalue weighted by atomic mass is 19.4. The number of hydroxylamine groups is 1. The largest absolute Gasteiger partial charge is 0.416 e. The Hall–Kier alpha value is -2.39. The van der Waals surface area contributed by atoms with Crippen LogP contribution in [0.3, 0.4) is 0 Å². The highest BCUT2D eigenvalue weighted by molar-refractivity contribution is 5.97. The number of alkyl halides is 3. The summed E-state index contributed by atoms with van der Waals surface area (Å²) in [5.74, 6) is -0.521. The fraction of sp³-hybridized carbons (Fsp3) is 0.333. The van der Waals surface area contributed by atoms with Crippen LogP contribution in [0.1, 0.15) is 22.4 Å². The molecule has 0 spiro atoms. The predicted octanol–water partition coefficient (Wildman–Crippen LogP) is 1.64. The molecule has 1 amide bonds. The Labute approximate surface area is 135 Å². The van der Waals surface area contributed by atoms with Crippen LogP contribution in [0.2, 0.25) is 0 Å². The quantitative estimate of drug-likeness (QED) is 0.814. The number of anilines is 1. The molecule has 1 aliphatic heterocycles. The van der Waals surface area contributed by atoms with Crippen molar-refractivity contribution < 1.29 is 23.2 Å². The molecule has 1 atom stereocenters. The number of hydrogen-bond donors (Lipinski definition) is 2. The molecule has 1 unspecified atom stereocenters. The normalized spacial score (nSPS) is 18.0. The minimum atomic E-state index is -4.38. The second kappa shape index (κ2) is 5.60. The van der Waals surface area contributed by atoms with Gasteiger partial charge < -0.3 is 5.73 Å². The van der Waals surface area contributed by atoms with Crippen molar-refractivity contribution in [1.82, 2.24) is 9.78 Å². The summed E-state index contributed by atoms with van der Waals surface area (Å²) in [6, 6.07) is 3.95. The van der Waals surface area contributed by atoms with E-state index in [9.17, 15) is 23.2 Å². The maximum absolute atomic E-state index is 12.6. The summed E-state index contributed by atoms with van der Waals surface area (Å²) in [4.78, 5) is 11.7. The van der Waals surface area contributed by atoms with Crippen molar-refractivity contribution in [2.75, 3.05) is 5.06 Å². The van der Waals surface area contributed by atoms with E-state index in [2.05, 4.69) is 5.10 Å². The molecule has 9 heteroatoms. The lowest BCUT2D eigenvalue weighted by Crippen LogP contribution is -2.47. The molecule has 128 valence electrons. The van der Waals surface area contributed by atoms with E-state index >= 15 is 0 Å². The first-order valence-electron chi connectivity index (χ1n) is 7.17. The SMILES string of the molecule is Cn1nc2c(c1Cc1ccc(C(F)(F)F)cc1)CC(N)C(=O)N2O. The number of aromatic nitrogens is 2.